The van der Waals surface area contributed by atoms with Crippen LogP contribution in [-0.4, -0.2) is 22.4 Å². The summed E-state index contributed by atoms with van der Waals surface area (Å²) in [6.07, 6.45) is 6.44. The molecule has 2 aromatic rings. The van der Waals surface area contributed by atoms with Crippen LogP contribution >= 0.6 is 0 Å². The lowest BCUT2D eigenvalue weighted by Crippen LogP contribution is -2.09. The zero-order valence-corrected chi connectivity index (χ0v) is 10.4. The zero-order valence-electron chi connectivity index (χ0n) is 10.4. The molecule has 4 heteroatoms. The van der Waals surface area contributed by atoms with Gasteiger partial charge in [0.15, 0.2) is 5.78 Å². The number of hydrogen-bond donors (Lipinski definition) is 0. The maximum Gasteiger partial charge on any atom is 0.152 e. The number of imidazole rings is 1. The van der Waals surface area contributed by atoms with E-state index in [1.165, 1.54) is 0 Å². The first-order valence-corrected chi connectivity index (χ1v) is 5.88. The smallest absolute Gasteiger partial charge is 0.152 e. The second-order valence-corrected chi connectivity index (χ2v) is 4.12. The van der Waals surface area contributed by atoms with E-state index in [1.54, 1.807) is 30.4 Å². The molecule has 1 aromatic heterocycles. The average molecular weight is 244 g/mol. The van der Waals surface area contributed by atoms with Gasteiger partial charge in [0.05, 0.1) is 20.0 Å². The molecule has 0 radical (unpaired) electrons. The molecule has 4 nitrogen and oxygen atoms in total. The number of carbonyl (C=O) groups excluding carboxylic acids is 1. The minimum Gasteiger partial charge on any atom is -0.497 e. The van der Waals surface area contributed by atoms with Crippen molar-refractivity contribution in [3.8, 4) is 5.75 Å². The molecule has 0 bridgehead atoms. The van der Waals surface area contributed by atoms with Crippen molar-refractivity contribution in [1.29, 1.82) is 0 Å². The largest absolute Gasteiger partial charge is 0.497 e. The standard InChI is InChI=1S/C14H16N2O2/c1-18-14-6-3-12(4-7-14)2-5-13(17)10-16-9-8-15-11-16/h3-4,6-9,11H,2,5,10H2,1H3. The summed E-state index contributed by atoms with van der Waals surface area (Å²) < 4.78 is 6.88. The minimum absolute atomic E-state index is 0.212. The van der Waals surface area contributed by atoms with Gasteiger partial charge in [0.1, 0.15) is 5.75 Å². The third-order valence-corrected chi connectivity index (χ3v) is 2.77. The van der Waals surface area contributed by atoms with Crippen LogP contribution in [0.15, 0.2) is 43.0 Å². The Hall–Kier alpha value is -2.10. The number of carbonyl (C=O) groups is 1. The number of ether oxygens (including phenoxy) is 1. The van der Waals surface area contributed by atoms with Crippen molar-refractivity contribution in [2.24, 2.45) is 0 Å². The second-order valence-electron chi connectivity index (χ2n) is 4.12. The van der Waals surface area contributed by atoms with E-state index in [1.807, 2.05) is 24.3 Å². The van der Waals surface area contributed by atoms with Gasteiger partial charge in [-0.25, -0.2) is 4.98 Å². The second kappa shape index (κ2) is 6.00. The third-order valence-electron chi connectivity index (χ3n) is 2.77. The van der Waals surface area contributed by atoms with Crippen molar-refractivity contribution < 1.29 is 9.53 Å². The molecule has 18 heavy (non-hydrogen) atoms. The van der Waals surface area contributed by atoms with Crippen LogP contribution in [-0.2, 0) is 17.8 Å². The fraction of sp³-hybridized carbons (Fsp3) is 0.286. The average Bonchev–Trinajstić information content (AvgIpc) is 2.90. The molecule has 0 fully saturated rings. The van der Waals surface area contributed by atoms with Crippen LogP contribution in [0.25, 0.3) is 0 Å². The van der Waals surface area contributed by atoms with Gasteiger partial charge in [0.2, 0.25) is 0 Å². The van der Waals surface area contributed by atoms with Crippen LogP contribution in [0.1, 0.15) is 12.0 Å². The lowest BCUT2D eigenvalue weighted by Gasteiger charge is -2.04. The highest BCUT2D eigenvalue weighted by Gasteiger charge is 2.03. The quantitative estimate of drug-likeness (QED) is 0.781. The maximum atomic E-state index is 11.7. The molecule has 0 saturated heterocycles. The Kier molecular flexibility index (Phi) is 4.12. The van der Waals surface area contributed by atoms with Crippen molar-refractivity contribution >= 4 is 5.78 Å². The highest BCUT2D eigenvalue weighted by atomic mass is 16.5. The van der Waals surface area contributed by atoms with Crippen molar-refractivity contribution in [3.63, 3.8) is 0 Å². The molecule has 0 amide bonds. The van der Waals surface area contributed by atoms with E-state index in [9.17, 15) is 4.79 Å². The summed E-state index contributed by atoms with van der Waals surface area (Å²) in [4.78, 5) is 15.6. The van der Waals surface area contributed by atoms with Gasteiger partial charge in [0.25, 0.3) is 0 Å². The molecule has 2 rings (SSSR count). The van der Waals surface area contributed by atoms with Gasteiger partial charge in [-0.2, -0.15) is 0 Å². The first-order chi connectivity index (χ1) is 8.78. The lowest BCUT2D eigenvalue weighted by atomic mass is 10.1. The Balaban J connectivity index is 1.81. The van der Waals surface area contributed by atoms with E-state index in [0.29, 0.717) is 13.0 Å². The summed E-state index contributed by atoms with van der Waals surface area (Å²) in [5, 5.41) is 0. The summed E-state index contributed by atoms with van der Waals surface area (Å²) in [5.41, 5.74) is 1.15. The van der Waals surface area contributed by atoms with Crippen LogP contribution in [0.5, 0.6) is 5.75 Å². The van der Waals surface area contributed by atoms with Gasteiger partial charge in [0, 0.05) is 18.8 Å². The topological polar surface area (TPSA) is 44.1 Å². The Morgan fingerprint density at radius 1 is 1.33 bits per heavy atom. The fourth-order valence-corrected chi connectivity index (χ4v) is 1.74. The van der Waals surface area contributed by atoms with E-state index >= 15 is 0 Å². The van der Waals surface area contributed by atoms with Gasteiger partial charge >= 0.3 is 0 Å². The normalized spacial score (nSPS) is 10.3. The lowest BCUT2D eigenvalue weighted by molar-refractivity contribution is -0.119. The minimum atomic E-state index is 0.212. The van der Waals surface area contributed by atoms with Gasteiger partial charge in [-0.1, -0.05) is 12.1 Å². The highest BCUT2D eigenvalue weighted by molar-refractivity contribution is 5.78. The third kappa shape index (κ3) is 3.45. The Morgan fingerprint density at radius 3 is 2.72 bits per heavy atom. The number of hydrogen-bond acceptors (Lipinski definition) is 3. The molecule has 0 N–H and O–H groups in total. The SMILES string of the molecule is COc1ccc(CCC(=O)Cn2ccnc2)cc1. The summed E-state index contributed by atoms with van der Waals surface area (Å²) in [5.74, 6) is 1.05. The van der Waals surface area contributed by atoms with Crippen LogP contribution in [0.3, 0.4) is 0 Å². The predicted octanol–water partition coefficient (Wildman–Crippen LogP) is 2.09. The number of ketones is 1. The van der Waals surface area contributed by atoms with Gasteiger partial charge in [-0.05, 0) is 24.1 Å². The highest BCUT2D eigenvalue weighted by Crippen LogP contribution is 2.12. The molecule has 0 saturated carbocycles. The molecule has 0 aliphatic rings. The zero-order chi connectivity index (χ0) is 12.8. The fourth-order valence-electron chi connectivity index (χ4n) is 1.74. The molecular formula is C14H16N2O2. The summed E-state index contributed by atoms with van der Waals surface area (Å²) in [6.45, 7) is 0.399. The van der Waals surface area contributed by atoms with Crippen LogP contribution in [0.4, 0.5) is 0 Å². The number of aromatic nitrogens is 2. The molecule has 1 heterocycles. The number of nitrogens with zero attached hydrogens (tertiary/aromatic N) is 2. The summed E-state index contributed by atoms with van der Waals surface area (Å²) in [6, 6.07) is 7.80. The van der Waals surface area contributed by atoms with E-state index < -0.39 is 0 Å². The van der Waals surface area contributed by atoms with Crippen molar-refractivity contribution in [3.05, 3.63) is 48.5 Å². The van der Waals surface area contributed by atoms with Crippen molar-refractivity contribution in [2.75, 3.05) is 7.11 Å². The van der Waals surface area contributed by atoms with Gasteiger partial charge in [-0.15, -0.1) is 0 Å². The number of aryl methyl sites for hydroxylation is 1. The maximum absolute atomic E-state index is 11.7. The number of methoxy groups -OCH3 is 1. The molecular weight excluding hydrogens is 228 g/mol. The summed E-state index contributed by atoms with van der Waals surface area (Å²) >= 11 is 0. The molecule has 0 unspecified atom stereocenters. The van der Waals surface area contributed by atoms with Crippen molar-refractivity contribution in [1.82, 2.24) is 9.55 Å². The number of Topliss-reactive ketones (excluding diaryl/α,β-unsaturated/α-hetero) is 1. The van der Waals surface area contributed by atoms with Crippen LogP contribution in [0, 0.1) is 0 Å². The summed E-state index contributed by atoms with van der Waals surface area (Å²) in [7, 11) is 1.64. The van der Waals surface area contributed by atoms with Crippen LogP contribution in [0.2, 0.25) is 0 Å². The van der Waals surface area contributed by atoms with E-state index in [-0.39, 0.29) is 5.78 Å². The van der Waals surface area contributed by atoms with Crippen LogP contribution < -0.4 is 4.74 Å². The molecule has 0 aliphatic carbocycles. The van der Waals surface area contributed by atoms with Gasteiger partial charge in [-0.3, -0.25) is 4.79 Å². The first-order valence-electron chi connectivity index (χ1n) is 5.88. The van der Waals surface area contributed by atoms with Gasteiger partial charge < -0.3 is 9.30 Å². The number of rotatable bonds is 6. The van der Waals surface area contributed by atoms with Crippen molar-refractivity contribution in [2.45, 2.75) is 19.4 Å². The first kappa shape index (κ1) is 12.4. The Morgan fingerprint density at radius 2 is 2.11 bits per heavy atom. The van der Waals surface area contributed by atoms with E-state index in [0.717, 1.165) is 17.7 Å². The van der Waals surface area contributed by atoms with E-state index in [4.69, 9.17) is 4.74 Å². The molecule has 0 spiro atoms. The Bertz CT molecular complexity index is 489. The molecule has 0 atom stereocenters. The van der Waals surface area contributed by atoms with E-state index in [2.05, 4.69) is 4.98 Å². The Labute approximate surface area is 106 Å². The molecule has 0 aliphatic heterocycles. The number of benzene rings is 1. The predicted molar refractivity (Wildman–Crippen MR) is 68.5 cm³/mol. The molecule has 94 valence electrons. The monoisotopic (exact) mass is 244 g/mol. The molecule has 1 aromatic carbocycles.